The van der Waals surface area contributed by atoms with Crippen LogP contribution in [0.2, 0.25) is 0 Å². The number of phenols is 1. The summed E-state index contributed by atoms with van der Waals surface area (Å²) in [5.74, 6) is -5.92. The van der Waals surface area contributed by atoms with Gasteiger partial charge in [0.1, 0.15) is 36.0 Å². The zero-order valence-electron chi connectivity index (χ0n) is 27.6. The number of hydrogen-bond donors (Lipinski definition) is 10. The maximum atomic E-state index is 13.5. The summed E-state index contributed by atoms with van der Waals surface area (Å²) < 4.78 is 0. The number of carbonyl (C=O) groups is 6. The van der Waals surface area contributed by atoms with Gasteiger partial charge in [-0.3, -0.25) is 24.0 Å². The van der Waals surface area contributed by atoms with E-state index in [0.29, 0.717) is 24.9 Å². The zero-order chi connectivity index (χ0) is 35.8. The molecule has 16 nitrogen and oxygen atoms in total. The number of carbonyl (C=O) groups excluding carboxylic acids is 5. The zero-order valence-corrected chi connectivity index (χ0v) is 27.6. The summed E-state index contributed by atoms with van der Waals surface area (Å²) in [4.78, 5) is 76.9. The molecular weight excluding hydrogens is 614 g/mol. The molecule has 0 aliphatic carbocycles. The SMILES string of the molecule is CC(C)[C@H](NC(=O)[C@H](C)N)C(=O)N[C@@H](CO)C(=O)N[C@@H](CCCCN)C(=O)N[C@H](C(=O)N[C@@H](Cc1ccc(O)cc1)C(=O)O)C(C)C. The number of nitrogens with two attached hydrogens (primary N) is 2. The Morgan fingerprint density at radius 1 is 0.681 bits per heavy atom. The van der Waals surface area contributed by atoms with Gasteiger partial charge >= 0.3 is 5.97 Å². The third-order valence-electron chi connectivity index (χ3n) is 7.29. The number of aliphatic hydroxyl groups excluding tert-OH is 1. The highest BCUT2D eigenvalue weighted by Crippen LogP contribution is 2.13. The summed E-state index contributed by atoms with van der Waals surface area (Å²) in [7, 11) is 0. The third kappa shape index (κ3) is 13.9. The maximum Gasteiger partial charge on any atom is 0.326 e. The summed E-state index contributed by atoms with van der Waals surface area (Å²) in [5, 5.41) is 41.6. The quantitative estimate of drug-likeness (QED) is 0.0696. The van der Waals surface area contributed by atoms with E-state index in [1.165, 1.54) is 31.2 Å². The van der Waals surface area contributed by atoms with Crippen molar-refractivity contribution in [2.24, 2.45) is 23.3 Å². The second kappa shape index (κ2) is 20.1. The van der Waals surface area contributed by atoms with E-state index in [-0.39, 0.29) is 18.6 Å². The molecule has 0 unspecified atom stereocenters. The molecule has 5 amide bonds. The molecule has 1 rings (SSSR count). The number of aliphatic hydroxyl groups is 1. The number of aliphatic carboxylic acids is 1. The Hall–Kier alpha value is -4.28. The number of hydrogen-bond acceptors (Lipinski definition) is 10. The Morgan fingerprint density at radius 2 is 1.15 bits per heavy atom. The molecule has 0 saturated heterocycles. The van der Waals surface area contributed by atoms with Crippen LogP contribution in [0.5, 0.6) is 5.75 Å². The largest absolute Gasteiger partial charge is 0.508 e. The van der Waals surface area contributed by atoms with E-state index >= 15 is 0 Å². The van der Waals surface area contributed by atoms with Gasteiger partial charge in [0.25, 0.3) is 0 Å². The van der Waals surface area contributed by atoms with Crippen molar-refractivity contribution in [2.45, 2.75) is 96.6 Å². The standard InChI is InChI=1S/C31H51N7O9/c1-16(2)24(37-26(41)18(5)33)30(45)36-23(15-39)28(43)34-21(8-6-7-13-32)27(42)38-25(17(3)4)29(44)35-22(31(46)47)14-19-9-11-20(40)12-10-19/h9-12,16-18,21-25,39-40H,6-8,13-15,32-33H2,1-5H3,(H,34,43)(H,35,44)(H,36,45)(H,37,41)(H,38,42)(H,46,47)/t18-,21-,22-,23-,24-,25-/m0/s1. The monoisotopic (exact) mass is 665 g/mol. The highest BCUT2D eigenvalue weighted by Gasteiger charge is 2.34. The molecule has 0 aliphatic rings. The first kappa shape index (κ1) is 40.7. The molecule has 0 bridgehead atoms. The first-order valence-corrected chi connectivity index (χ1v) is 15.6. The number of aromatic hydroxyl groups is 1. The van der Waals surface area contributed by atoms with Crippen molar-refractivity contribution in [2.75, 3.05) is 13.2 Å². The average molecular weight is 666 g/mol. The minimum atomic E-state index is -1.49. The number of amides is 5. The molecular formula is C31H51N7O9. The van der Waals surface area contributed by atoms with E-state index in [0.717, 1.165) is 0 Å². The summed E-state index contributed by atoms with van der Waals surface area (Å²) in [6.07, 6.45) is 0.945. The molecule has 16 heteroatoms. The molecule has 1 aromatic rings. The molecule has 6 atom stereocenters. The van der Waals surface area contributed by atoms with Crippen LogP contribution < -0.4 is 38.1 Å². The lowest BCUT2D eigenvalue weighted by molar-refractivity contribution is -0.142. The topological polar surface area (TPSA) is 275 Å². The number of rotatable bonds is 20. The molecule has 0 heterocycles. The molecule has 0 fully saturated rings. The van der Waals surface area contributed by atoms with E-state index < -0.39 is 90.2 Å². The summed E-state index contributed by atoms with van der Waals surface area (Å²) >= 11 is 0. The van der Waals surface area contributed by atoms with E-state index in [4.69, 9.17) is 11.5 Å². The van der Waals surface area contributed by atoms with Crippen molar-refractivity contribution < 1.29 is 44.1 Å². The number of carboxylic acid groups (broad SMARTS) is 1. The Morgan fingerprint density at radius 3 is 1.60 bits per heavy atom. The fourth-order valence-corrected chi connectivity index (χ4v) is 4.43. The Bertz CT molecular complexity index is 1210. The van der Waals surface area contributed by atoms with Gasteiger partial charge in [-0.25, -0.2) is 4.79 Å². The lowest BCUT2D eigenvalue weighted by Crippen LogP contribution is -2.61. The van der Waals surface area contributed by atoms with Crippen molar-refractivity contribution in [3.63, 3.8) is 0 Å². The Balaban J connectivity index is 3.09. The van der Waals surface area contributed by atoms with Gasteiger partial charge in [-0.1, -0.05) is 39.8 Å². The third-order valence-corrected chi connectivity index (χ3v) is 7.29. The normalized spacial score (nSPS) is 15.0. The van der Waals surface area contributed by atoms with Crippen molar-refractivity contribution in [3.05, 3.63) is 29.8 Å². The Kier molecular flexibility index (Phi) is 17.4. The summed E-state index contributed by atoms with van der Waals surface area (Å²) in [5.41, 5.74) is 11.7. The van der Waals surface area contributed by atoms with Crippen LogP contribution in [0.25, 0.3) is 0 Å². The second-order valence-electron chi connectivity index (χ2n) is 12.1. The number of carboxylic acids is 1. The van der Waals surface area contributed by atoms with Crippen molar-refractivity contribution in [3.8, 4) is 5.75 Å². The minimum absolute atomic E-state index is 0.00142. The molecule has 0 aliphatic heterocycles. The molecule has 0 aromatic heterocycles. The maximum absolute atomic E-state index is 13.5. The second-order valence-corrected chi connectivity index (χ2v) is 12.1. The highest BCUT2D eigenvalue weighted by molar-refractivity contribution is 5.96. The van der Waals surface area contributed by atoms with Crippen LogP contribution >= 0.6 is 0 Å². The molecule has 0 saturated carbocycles. The van der Waals surface area contributed by atoms with Gasteiger partial charge in [0.05, 0.1) is 12.6 Å². The van der Waals surface area contributed by atoms with Crippen LogP contribution in [0.15, 0.2) is 24.3 Å². The van der Waals surface area contributed by atoms with Crippen LogP contribution in [-0.2, 0) is 35.2 Å². The summed E-state index contributed by atoms with van der Waals surface area (Å²) in [6, 6.07) is -1.35. The first-order valence-electron chi connectivity index (χ1n) is 15.6. The van der Waals surface area contributed by atoms with Gasteiger partial charge in [0.2, 0.25) is 29.5 Å². The van der Waals surface area contributed by atoms with Gasteiger partial charge in [0.15, 0.2) is 0 Å². The van der Waals surface area contributed by atoms with Crippen LogP contribution in [0, 0.1) is 11.8 Å². The van der Waals surface area contributed by atoms with Gasteiger partial charge in [-0.15, -0.1) is 0 Å². The van der Waals surface area contributed by atoms with Gasteiger partial charge in [-0.2, -0.15) is 0 Å². The number of unbranched alkanes of at least 4 members (excludes halogenated alkanes) is 1. The summed E-state index contributed by atoms with van der Waals surface area (Å²) in [6.45, 7) is 7.57. The molecule has 0 radical (unpaired) electrons. The molecule has 264 valence electrons. The van der Waals surface area contributed by atoms with Crippen molar-refractivity contribution >= 4 is 35.5 Å². The lowest BCUT2D eigenvalue weighted by atomic mass is 10.00. The molecule has 47 heavy (non-hydrogen) atoms. The van der Waals surface area contributed by atoms with E-state index in [1.807, 2.05) is 0 Å². The van der Waals surface area contributed by atoms with E-state index in [9.17, 15) is 44.1 Å². The predicted molar refractivity (Wildman–Crippen MR) is 172 cm³/mol. The van der Waals surface area contributed by atoms with Crippen LogP contribution in [0.3, 0.4) is 0 Å². The number of benzene rings is 1. The predicted octanol–water partition coefficient (Wildman–Crippen LogP) is -1.78. The minimum Gasteiger partial charge on any atom is -0.508 e. The molecule has 1 aromatic carbocycles. The van der Waals surface area contributed by atoms with Gasteiger partial charge in [-0.05, 0) is 62.3 Å². The van der Waals surface area contributed by atoms with Crippen LogP contribution in [0.1, 0.15) is 59.4 Å². The fraction of sp³-hybridized carbons (Fsp3) is 0.613. The van der Waals surface area contributed by atoms with Crippen molar-refractivity contribution in [1.82, 2.24) is 26.6 Å². The van der Waals surface area contributed by atoms with E-state index in [2.05, 4.69) is 26.6 Å². The lowest BCUT2D eigenvalue weighted by Gasteiger charge is -2.28. The van der Waals surface area contributed by atoms with Gasteiger partial charge in [0, 0.05) is 6.42 Å². The number of nitrogens with one attached hydrogen (secondary N) is 5. The highest BCUT2D eigenvalue weighted by atomic mass is 16.4. The Labute approximate surface area is 274 Å². The van der Waals surface area contributed by atoms with Gasteiger partial charge < -0.3 is 53.4 Å². The molecule has 12 N–H and O–H groups in total. The van der Waals surface area contributed by atoms with Crippen molar-refractivity contribution in [1.29, 1.82) is 0 Å². The average Bonchev–Trinajstić information content (AvgIpc) is 3.00. The van der Waals surface area contributed by atoms with E-state index in [1.54, 1.807) is 27.7 Å². The molecule has 0 spiro atoms. The first-order chi connectivity index (χ1) is 22.0. The van der Waals surface area contributed by atoms with Crippen LogP contribution in [0.4, 0.5) is 0 Å². The van der Waals surface area contributed by atoms with Crippen LogP contribution in [-0.4, -0.2) is 100 Å². The smallest absolute Gasteiger partial charge is 0.326 e. The fourth-order valence-electron chi connectivity index (χ4n) is 4.43. The number of phenolic OH excluding ortho intramolecular Hbond substituents is 1.